The first-order valence-corrected chi connectivity index (χ1v) is 14.1. The van der Waals surface area contributed by atoms with Gasteiger partial charge in [-0.25, -0.2) is 18.7 Å². The van der Waals surface area contributed by atoms with Gasteiger partial charge in [0.1, 0.15) is 18.8 Å². The predicted octanol–water partition coefficient (Wildman–Crippen LogP) is 6.99. The number of carbonyl (C=O) groups is 2. The highest BCUT2D eigenvalue weighted by Gasteiger charge is 2.54. The van der Waals surface area contributed by atoms with Crippen LogP contribution in [0.5, 0.6) is 23.1 Å². The SMILES string of the molecule is COc1cc2c(Oc3ccc(CC(=O)C4(C(=O)Cc5ccc(F)cc5)CC4)cc3F)ncnc2cc1OCc1ccccc1. The van der Waals surface area contributed by atoms with Gasteiger partial charge in [-0.15, -0.1) is 0 Å². The lowest BCUT2D eigenvalue weighted by atomic mass is 9.88. The minimum absolute atomic E-state index is 0.0471. The highest BCUT2D eigenvalue weighted by molar-refractivity contribution is 6.11. The number of halogens is 2. The van der Waals surface area contributed by atoms with E-state index in [2.05, 4.69) is 9.97 Å². The number of benzene rings is 4. The fourth-order valence-corrected chi connectivity index (χ4v) is 5.12. The van der Waals surface area contributed by atoms with Crippen LogP contribution in [-0.2, 0) is 29.0 Å². The lowest BCUT2D eigenvalue weighted by Crippen LogP contribution is -2.28. The summed E-state index contributed by atoms with van der Waals surface area (Å²) in [5, 5.41) is 0.491. The molecule has 0 radical (unpaired) electrons. The van der Waals surface area contributed by atoms with Gasteiger partial charge in [-0.1, -0.05) is 48.5 Å². The number of rotatable bonds is 12. The van der Waals surface area contributed by atoms with E-state index in [0.717, 1.165) is 5.56 Å². The summed E-state index contributed by atoms with van der Waals surface area (Å²) >= 11 is 0. The van der Waals surface area contributed by atoms with E-state index in [4.69, 9.17) is 14.2 Å². The summed E-state index contributed by atoms with van der Waals surface area (Å²) in [6.45, 7) is 0.334. The zero-order chi connectivity index (χ0) is 30.7. The summed E-state index contributed by atoms with van der Waals surface area (Å²) in [5.74, 6) is -0.570. The van der Waals surface area contributed by atoms with Crippen molar-refractivity contribution < 1.29 is 32.6 Å². The van der Waals surface area contributed by atoms with Crippen LogP contribution in [0.15, 0.2) is 91.3 Å². The van der Waals surface area contributed by atoms with Crippen molar-refractivity contribution >= 4 is 22.5 Å². The second kappa shape index (κ2) is 12.2. The standard InChI is InChI=1S/C35H28F2N2O5/c1-42-30-18-26-28(19-31(30)43-20-23-5-3-2-4-6-23)38-21-39-34(26)44-29-12-9-24(15-27(29)37)17-33(41)35(13-14-35)32(40)16-22-7-10-25(36)11-8-22/h2-12,15,18-19,21H,13-14,16-17,20H2,1H3. The summed E-state index contributed by atoms with van der Waals surface area (Å²) in [5.41, 5.74) is 1.51. The van der Waals surface area contributed by atoms with E-state index in [1.807, 2.05) is 30.3 Å². The molecule has 1 aromatic heterocycles. The normalized spacial score (nSPS) is 13.3. The Hall–Kier alpha value is -5.18. The molecule has 0 aliphatic heterocycles. The number of nitrogens with zero attached hydrogens (tertiary/aromatic N) is 2. The van der Waals surface area contributed by atoms with Crippen LogP contribution in [0.1, 0.15) is 29.5 Å². The van der Waals surface area contributed by atoms with Crippen LogP contribution in [0.4, 0.5) is 8.78 Å². The number of hydrogen-bond acceptors (Lipinski definition) is 7. The second-order valence-electron chi connectivity index (χ2n) is 10.7. The summed E-state index contributed by atoms with van der Waals surface area (Å²) in [6.07, 6.45) is 2.18. The van der Waals surface area contributed by atoms with Crippen LogP contribution in [0.2, 0.25) is 0 Å². The third-order valence-corrected chi connectivity index (χ3v) is 7.78. The van der Waals surface area contributed by atoms with E-state index >= 15 is 4.39 Å². The van der Waals surface area contributed by atoms with Crippen molar-refractivity contribution in [3.8, 4) is 23.1 Å². The summed E-state index contributed by atoms with van der Waals surface area (Å²) < 4.78 is 45.8. The Morgan fingerprint density at radius 1 is 0.773 bits per heavy atom. The van der Waals surface area contributed by atoms with Gasteiger partial charge in [0.15, 0.2) is 34.6 Å². The molecule has 0 saturated heterocycles. The molecule has 0 amide bonds. The van der Waals surface area contributed by atoms with Crippen molar-refractivity contribution in [1.82, 2.24) is 9.97 Å². The summed E-state index contributed by atoms with van der Waals surface area (Å²) in [6, 6.07) is 23.0. The molecule has 6 rings (SSSR count). The van der Waals surface area contributed by atoms with E-state index in [1.165, 1.54) is 49.8 Å². The Morgan fingerprint density at radius 2 is 1.48 bits per heavy atom. The molecule has 4 aromatic carbocycles. The first-order valence-electron chi connectivity index (χ1n) is 14.1. The monoisotopic (exact) mass is 594 g/mol. The highest BCUT2D eigenvalue weighted by Crippen LogP contribution is 2.49. The Balaban J connectivity index is 1.15. The minimum Gasteiger partial charge on any atom is -0.493 e. The minimum atomic E-state index is -1.07. The molecule has 7 nitrogen and oxygen atoms in total. The number of carbonyl (C=O) groups excluding carboxylic acids is 2. The van der Waals surface area contributed by atoms with E-state index in [9.17, 15) is 14.0 Å². The smallest absolute Gasteiger partial charge is 0.230 e. The van der Waals surface area contributed by atoms with Gasteiger partial charge in [0.25, 0.3) is 0 Å². The maximum atomic E-state index is 15.2. The molecule has 1 aliphatic carbocycles. The van der Waals surface area contributed by atoms with Crippen molar-refractivity contribution in [2.24, 2.45) is 5.41 Å². The average molecular weight is 595 g/mol. The molecular weight excluding hydrogens is 566 g/mol. The molecule has 44 heavy (non-hydrogen) atoms. The lowest BCUT2D eigenvalue weighted by Gasteiger charge is -2.15. The van der Waals surface area contributed by atoms with Gasteiger partial charge in [0.05, 0.1) is 23.4 Å². The molecule has 0 atom stereocenters. The number of hydrogen-bond donors (Lipinski definition) is 0. The van der Waals surface area contributed by atoms with Crippen molar-refractivity contribution in [3.05, 3.63) is 120 Å². The van der Waals surface area contributed by atoms with Crippen LogP contribution in [-0.4, -0.2) is 28.6 Å². The van der Waals surface area contributed by atoms with Crippen LogP contribution in [0.3, 0.4) is 0 Å². The van der Waals surface area contributed by atoms with Crippen LogP contribution >= 0.6 is 0 Å². The van der Waals surface area contributed by atoms with E-state index in [0.29, 0.717) is 53.0 Å². The van der Waals surface area contributed by atoms with E-state index < -0.39 is 17.0 Å². The number of fused-ring (bicyclic) bond motifs is 1. The van der Waals surface area contributed by atoms with Gasteiger partial charge in [-0.2, -0.15) is 0 Å². The first kappa shape index (κ1) is 28.9. The third kappa shape index (κ3) is 6.13. The van der Waals surface area contributed by atoms with Crippen molar-refractivity contribution in [3.63, 3.8) is 0 Å². The van der Waals surface area contributed by atoms with Crippen LogP contribution < -0.4 is 14.2 Å². The van der Waals surface area contributed by atoms with Crippen LogP contribution in [0, 0.1) is 17.0 Å². The largest absolute Gasteiger partial charge is 0.493 e. The van der Waals surface area contributed by atoms with E-state index in [1.54, 1.807) is 18.2 Å². The molecule has 1 saturated carbocycles. The average Bonchev–Trinajstić information content (AvgIpc) is 3.85. The molecule has 222 valence electrons. The van der Waals surface area contributed by atoms with Gasteiger partial charge in [-0.05, 0) is 59.9 Å². The van der Waals surface area contributed by atoms with E-state index in [-0.39, 0.29) is 36.0 Å². The number of methoxy groups -OCH3 is 1. The molecule has 0 spiro atoms. The third-order valence-electron chi connectivity index (χ3n) is 7.78. The van der Waals surface area contributed by atoms with Gasteiger partial charge in [-0.3, -0.25) is 9.59 Å². The van der Waals surface area contributed by atoms with Crippen LogP contribution in [0.25, 0.3) is 10.9 Å². The maximum Gasteiger partial charge on any atom is 0.230 e. The zero-order valence-electron chi connectivity index (χ0n) is 23.9. The molecule has 0 bridgehead atoms. The molecule has 1 aliphatic rings. The molecule has 0 N–H and O–H groups in total. The summed E-state index contributed by atoms with van der Waals surface area (Å²) in [4.78, 5) is 34.7. The molecule has 1 heterocycles. The first-order chi connectivity index (χ1) is 21.3. The lowest BCUT2D eigenvalue weighted by molar-refractivity contribution is -0.133. The topological polar surface area (TPSA) is 87.6 Å². The van der Waals surface area contributed by atoms with Gasteiger partial charge in [0.2, 0.25) is 5.88 Å². The Bertz CT molecular complexity index is 1840. The van der Waals surface area contributed by atoms with Crippen molar-refractivity contribution in [2.45, 2.75) is 32.3 Å². The number of aromatic nitrogens is 2. The molecule has 9 heteroatoms. The van der Waals surface area contributed by atoms with Crippen molar-refractivity contribution in [1.29, 1.82) is 0 Å². The Kier molecular flexibility index (Phi) is 8.02. The fourth-order valence-electron chi connectivity index (χ4n) is 5.12. The maximum absolute atomic E-state index is 15.2. The summed E-state index contributed by atoms with van der Waals surface area (Å²) in [7, 11) is 1.52. The number of Topliss-reactive ketones (excluding diaryl/α,β-unsaturated/α-hetero) is 2. The van der Waals surface area contributed by atoms with Gasteiger partial charge < -0.3 is 14.2 Å². The fraction of sp³-hybridized carbons (Fsp3) is 0.200. The highest BCUT2D eigenvalue weighted by atomic mass is 19.1. The quantitative estimate of drug-likeness (QED) is 0.144. The van der Waals surface area contributed by atoms with Gasteiger partial charge >= 0.3 is 0 Å². The Labute approximate surface area is 252 Å². The zero-order valence-corrected chi connectivity index (χ0v) is 23.9. The number of ether oxygens (including phenoxy) is 3. The molecule has 0 unspecified atom stereocenters. The van der Waals surface area contributed by atoms with Crippen molar-refractivity contribution in [2.75, 3.05) is 7.11 Å². The van der Waals surface area contributed by atoms with Gasteiger partial charge in [0, 0.05) is 18.9 Å². The number of ketones is 2. The molecule has 5 aromatic rings. The second-order valence-corrected chi connectivity index (χ2v) is 10.7. The molecular formula is C35H28F2N2O5. The Morgan fingerprint density at radius 3 is 2.16 bits per heavy atom. The predicted molar refractivity (Wildman–Crippen MR) is 159 cm³/mol. The molecule has 1 fully saturated rings.